The number of aliphatic imine (C=N–C) groups is 1. The first kappa shape index (κ1) is 41.5. The summed E-state index contributed by atoms with van der Waals surface area (Å²) in [6, 6.07) is 0. The molecule has 0 N–H and O–H groups in total. The zero-order valence-electron chi connectivity index (χ0n) is 30.9. The number of allylic oxidation sites excluding steroid dienone is 7. The summed E-state index contributed by atoms with van der Waals surface area (Å²) >= 11 is 5.24. The van der Waals surface area contributed by atoms with E-state index in [0.717, 1.165) is 30.2 Å². The Bertz CT molecular complexity index is 1010. The maximum absolute atomic E-state index is 5.24. The fraction of sp³-hybridized carbons (Fsp3) is 0.707. The Hall–Kier alpha value is -1.54. The van der Waals surface area contributed by atoms with Crippen LogP contribution in [0.15, 0.2) is 63.7 Å². The Morgan fingerprint density at radius 2 is 1.67 bits per heavy atom. The summed E-state index contributed by atoms with van der Waals surface area (Å²) in [5.41, 5.74) is 10.3. The van der Waals surface area contributed by atoms with E-state index >= 15 is 0 Å². The molecule has 3 aliphatic rings. The molecule has 0 saturated heterocycles. The van der Waals surface area contributed by atoms with Gasteiger partial charge in [-0.3, -0.25) is 4.99 Å². The molecule has 0 bridgehead atoms. The molecule has 3 rings (SSSR count). The van der Waals surface area contributed by atoms with Gasteiger partial charge in [0.1, 0.15) is 0 Å². The highest BCUT2D eigenvalue weighted by Crippen LogP contribution is 2.44. The second-order valence-corrected chi connectivity index (χ2v) is 15.5. The van der Waals surface area contributed by atoms with Crippen LogP contribution in [0.4, 0.5) is 0 Å². The van der Waals surface area contributed by atoms with E-state index in [1.807, 2.05) is 6.92 Å². The van der Waals surface area contributed by atoms with E-state index in [9.17, 15) is 0 Å². The normalized spacial score (nSPS) is 18.0. The molecular formula is C41H71NS. The highest BCUT2D eigenvalue weighted by atomic mass is 32.1. The first-order valence-corrected chi connectivity index (χ1v) is 17.7. The van der Waals surface area contributed by atoms with E-state index in [2.05, 4.69) is 106 Å². The van der Waals surface area contributed by atoms with Crippen LogP contribution >= 0.6 is 12.2 Å². The van der Waals surface area contributed by atoms with Crippen LogP contribution in [-0.4, -0.2) is 17.1 Å². The fourth-order valence-electron chi connectivity index (χ4n) is 5.38. The summed E-state index contributed by atoms with van der Waals surface area (Å²) in [5.74, 6) is 0.954. The second-order valence-electron chi connectivity index (χ2n) is 14.9. The zero-order valence-corrected chi connectivity index (χ0v) is 31.7. The Morgan fingerprint density at radius 3 is 2.09 bits per heavy atom. The Balaban J connectivity index is 0.000000581. The molecule has 2 aliphatic carbocycles. The molecule has 1 aliphatic heterocycles. The first-order chi connectivity index (χ1) is 20.0. The van der Waals surface area contributed by atoms with Gasteiger partial charge in [0.05, 0.1) is 6.54 Å². The molecule has 1 fully saturated rings. The topological polar surface area (TPSA) is 12.4 Å². The highest BCUT2D eigenvalue weighted by Gasteiger charge is 2.31. The predicted octanol–water partition coefficient (Wildman–Crippen LogP) is 14.0. The van der Waals surface area contributed by atoms with Crippen LogP contribution in [-0.2, 0) is 0 Å². The van der Waals surface area contributed by atoms with Gasteiger partial charge in [-0.15, -0.1) is 6.58 Å². The van der Waals surface area contributed by atoms with E-state index in [1.54, 1.807) is 5.57 Å². The van der Waals surface area contributed by atoms with Crippen LogP contribution in [0, 0.1) is 16.7 Å². The average Bonchev–Trinajstić information content (AvgIpc) is 3.18. The number of nitrogens with zero attached hydrogens (tertiary/aromatic N) is 1. The fourth-order valence-corrected chi connectivity index (χ4v) is 5.60. The molecule has 1 atom stereocenters. The maximum atomic E-state index is 5.24. The molecule has 43 heavy (non-hydrogen) atoms. The van der Waals surface area contributed by atoms with Crippen molar-refractivity contribution in [1.82, 2.24) is 0 Å². The summed E-state index contributed by atoms with van der Waals surface area (Å²) in [4.78, 5) is 5.59. The molecule has 2 heteroatoms. The summed E-state index contributed by atoms with van der Waals surface area (Å²) in [7, 11) is 0. The third-order valence-electron chi connectivity index (χ3n) is 9.72. The van der Waals surface area contributed by atoms with Crippen molar-refractivity contribution >= 4 is 22.8 Å². The molecule has 0 amide bonds. The predicted molar refractivity (Wildman–Crippen MR) is 203 cm³/mol. The molecule has 0 aromatic heterocycles. The summed E-state index contributed by atoms with van der Waals surface area (Å²) in [6.07, 6.45) is 21.5. The minimum atomic E-state index is 0.193. The van der Waals surface area contributed by atoms with Crippen molar-refractivity contribution in [2.75, 3.05) is 6.54 Å². The lowest BCUT2D eigenvalue weighted by atomic mass is 9.67. The van der Waals surface area contributed by atoms with E-state index in [0.29, 0.717) is 5.41 Å². The number of thiocarbonyl (C=S) groups is 1. The second kappa shape index (κ2) is 21.2. The largest absolute Gasteiger partial charge is 0.285 e. The van der Waals surface area contributed by atoms with Gasteiger partial charge >= 0.3 is 0 Å². The molecular weight excluding hydrogens is 539 g/mol. The molecule has 1 nitrogen and oxygen atoms in total. The van der Waals surface area contributed by atoms with Gasteiger partial charge in [0.25, 0.3) is 0 Å². The van der Waals surface area contributed by atoms with Gasteiger partial charge in [0.2, 0.25) is 0 Å². The Labute approximate surface area is 275 Å². The van der Waals surface area contributed by atoms with Crippen molar-refractivity contribution in [2.24, 2.45) is 21.7 Å². The van der Waals surface area contributed by atoms with Gasteiger partial charge in [-0.05, 0) is 121 Å². The molecule has 1 unspecified atom stereocenters. The molecule has 1 saturated carbocycles. The van der Waals surface area contributed by atoms with E-state index in [-0.39, 0.29) is 5.41 Å². The quantitative estimate of drug-likeness (QED) is 0.168. The molecule has 1 heterocycles. The van der Waals surface area contributed by atoms with Crippen molar-refractivity contribution < 1.29 is 0 Å². The van der Waals surface area contributed by atoms with Gasteiger partial charge < -0.3 is 0 Å². The summed E-state index contributed by atoms with van der Waals surface area (Å²) in [5, 5.41) is 0. The van der Waals surface area contributed by atoms with Crippen LogP contribution in [0.25, 0.3) is 0 Å². The monoisotopic (exact) mass is 610 g/mol. The number of rotatable bonds is 11. The van der Waals surface area contributed by atoms with E-state index in [4.69, 9.17) is 12.2 Å². The van der Waals surface area contributed by atoms with Crippen molar-refractivity contribution in [3.63, 3.8) is 0 Å². The highest BCUT2D eigenvalue weighted by molar-refractivity contribution is 7.80. The van der Waals surface area contributed by atoms with Crippen LogP contribution < -0.4 is 0 Å². The molecule has 0 aromatic rings. The molecule has 0 radical (unpaired) electrons. The van der Waals surface area contributed by atoms with Crippen LogP contribution in [0.2, 0.25) is 0 Å². The molecule has 0 aromatic carbocycles. The third-order valence-corrected chi connectivity index (χ3v) is 9.97. The summed E-state index contributed by atoms with van der Waals surface area (Å²) < 4.78 is 0. The zero-order chi connectivity index (χ0) is 33.2. The maximum Gasteiger partial charge on any atom is 0.0657 e. The van der Waals surface area contributed by atoms with Gasteiger partial charge in [0.15, 0.2) is 0 Å². The van der Waals surface area contributed by atoms with Crippen molar-refractivity contribution in [3.8, 4) is 0 Å². The lowest BCUT2D eigenvalue weighted by Gasteiger charge is -2.38. The van der Waals surface area contributed by atoms with Gasteiger partial charge in [-0.2, -0.15) is 0 Å². The molecule has 0 spiro atoms. The standard InChI is InChI=1S/C15H23NS.C9H16.C9H14.C8H18/c1-10(2)15(5,6)8-7-14-11(3)13(9-16-14)12(4)17;1-8(2)7-9(3)5-4-6-9;1-8-4-3-5-9(2)7-6-8;1-4-6-7-8(3)5-2/h1,7-9H2,2-6H3;1,4-7H2,2-3H3;4,7H,3,5-6H2,1-2H3;8H,4-7H2,1-3H3. The SMILES string of the molecule is C=C(C)C(C)(C)CCC1=NCC(C(C)=S)=C1C.C=C(C)CC1(C)CCC1.CC1=CCCC(C)=CC1.CCCCC(C)CC. The molecule has 246 valence electrons. The first-order valence-electron chi connectivity index (χ1n) is 17.3. The number of unbranched alkanes of at least 4 members (excludes halogenated alkanes) is 1. The minimum Gasteiger partial charge on any atom is -0.285 e. The lowest BCUT2D eigenvalue weighted by Crippen LogP contribution is -2.25. The average molecular weight is 610 g/mol. The summed E-state index contributed by atoms with van der Waals surface area (Å²) in [6.45, 7) is 35.3. The van der Waals surface area contributed by atoms with Crippen LogP contribution in [0.1, 0.15) is 167 Å². The van der Waals surface area contributed by atoms with E-state index < -0.39 is 0 Å². The lowest BCUT2D eigenvalue weighted by molar-refractivity contribution is 0.161. The van der Waals surface area contributed by atoms with Gasteiger partial charge in [0, 0.05) is 10.6 Å². The third kappa shape index (κ3) is 18.1. The van der Waals surface area contributed by atoms with Crippen molar-refractivity contribution in [3.05, 3.63) is 58.7 Å². The Morgan fingerprint density at radius 1 is 1.05 bits per heavy atom. The van der Waals surface area contributed by atoms with Crippen LogP contribution in [0.5, 0.6) is 0 Å². The van der Waals surface area contributed by atoms with Gasteiger partial charge in [-0.25, -0.2) is 0 Å². The van der Waals surface area contributed by atoms with Crippen LogP contribution in [0.3, 0.4) is 0 Å². The van der Waals surface area contributed by atoms with Crippen molar-refractivity contribution in [2.45, 2.75) is 167 Å². The number of hydrogen-bond donors (Lipinski definition) is 0. The number of hydrogen-bond acceptors (Lipinski definition) is 2. The van der Waals surface area contributed by atoms with Gasteiger partial charge in [-0.1, -0.05) is 127 Å². The minimum absolute atomic E-state index is 0.193. The Kier molecular flexibility index (Phi) is 20.5. The van der Waals surface area contributed by atoms with E-state index in [1.165, 1.54) is 104 Å². The smallest absolute Gasteiger partial charge is 0.0657 e. The van der Waals surface area contributed by atoms with Crippen molar-refractivity contribution in [1.29, 1.82) is 0 Å².